The number of hydrogen-bond donors (Lipinski definition) is 1. The molecule has 1 heterocycles. The molecule has 0 aliphatic carbocycles. The lowest BCUT2D eigenvalue weighted by molar-refractivity contribution is 0.193. The highest BCUT2D eigenvalue weighted by Crippen LogP contribution is 2.11. The van der Waals surface area contributed by atoms with E-state index in [2.05, 4.69) is 29.1 Å². The van der Waals surface area contributed by atoms with Crippen LogP contribution in [-0.2, 0) is 0 Å². The monoisotopic (exact) mass is 199 g/mol. The summed E-state index contributed by atoms with van der Waals surface area (Å²) in [5, 5.41) is 3.19. The lowest BCUT2D eigenvalue weighted by atomic mass is 10.3. The van der Waals surface area contributed by atoms with Crippen molar-refractivity contribution in [2.45, 2.75) is 25.8 Å². The van der Waals surface area contributed by atoms with Gasteiger partial charge in [0, 0.05) is 25.7 Å². The molecular weight excluding hydrogens is 174 g/mol. The number of rotatable bonds is 6. The van der Waals surface area contributed by atoms with E-state index in [0.29, 0.717) is 0 Å². The Hall–Kier alpha value is -0.120. The van der Waals surface area contributed by atoms with Crippen molar-refractivity contribution in [3.05, 3.63) is 0 Å². The zero-order valence-corrected chi connectivity index (χ0v) is 9.92. The third-order valence-corrected chi connectivity index (χ3v) is 3.08. The highest BCUT2D eigenvalue weighted by atomic mass is 15.2. The molecule has 0 aromatic heterocycles. The SMILES string of the molecule is CNCCN(C)CC(C)N1CCCC1. The van der Waals surface area contributed by atoms with E-state index < -0.39 is 0 Å². The highest BCUT2D eigenvalue weighted by molar-refractivity contribution is 4.75. The maximum atomic E-state index is 3.19. The van der Waals surface area contributed by atoms with E-state index in [0.717, 1.165) is 19.1 Å². The van der Waals surface area contributed by atoms with Gasteiger partial charge in [0.25, 0.3) is 0 Å². The first-order valence-electron chi connectivity index (χ1n) is 5.81. The van der Waals surface area contributed by atoms with Crippen LogP contribution in [0.2, 0.25) is 0 Å². The van der Waals surface area contributed by atoms with E-state index in [4.69, 9.17) is 0 Å². The lowest BCUT2D eigenvalue weighted by Crippen LogP contribution is -2.41. The minimum absolute atomic E-state index is 0.722. The molecular formula is C11H25N3. The van der Waals surface area contributed by atoms with Gasteiger partial charge < -0.3 is 10.2 Å². The summed E-state index contributed by atoms with van der Waals surface area (Å²) >= 11 is 0. The standard InChI is InChI=1S/C11H25N3/c1-11(14-7-4-5-8-14)10-13(3)9-6-12-2/h11-12H,4-10H2,1-3H3. The van der Waals surface area contributed by atoms with Crippen molar-refractivity contribution in [3.63, 3.8) is 0 Å². The minimum atomic E-state index is 0.722. The van der Waals surface area contributed by atoms with E-state index in [-0.39, 0.29) is 0 Å². The van der Waals surface area contributed by atoms with Gasteiger partial charge in [0.15, 0.2) is 0 Å². The number of likely N-dealkylation sites (tertiary alicyclic amines) is 1. The molecule has 0 aromatic rings. The predicted octanol–water partition coefficient (Wildman–Crippen LogP) is 0.622. The summed E-state index contributed by atoms with van der Waals surface area (Å²) in [6, 6.07) is 0.722. The zero-order valence-electron chi connectivity index (χ0n) is 9.92. The first-order chi connectivity index (χ1) is 6.74. The molecule has 1 fully saturated rings. The van der Waals surface area contributed by atoms with Crippen molar-refractivity contribution in [2.75, 3.05) is 46.8 Å². The molecule has 1 rings (SSSR count). The Morgan fingerprint density at radius 2 is 2.00 bits per heavy atom. The molecule has 1 aliphatic heterocycles. The molecule has 1 N–H and O–H groups in total. The average molecular weight is 199 g/mol. The first-order valence-corrected chi connectivity index (χ1v) is 5.81. The van der Waals surface area contributed by atoms with E-state index >= 15 is 0 Å². The van der Waals surface area contributed by atoms with Crippen LogP contribution in [0.25, 0.3) is 0 Å². The van der Waals surface area contributed by atoms with Crippen LogP contribution in [0.5, 0.6) is 0 Å². The Morgan fingerprint density at radius 3 is 2.57 bits per heavy atom. The van der Waals surface area contributed by atoms with Gasteiger partial charge in [-0.1, -0.05) is 0 Å². The van der Waals surface area contributed by atoms with Gasteiger partial charge in [0.05, 0.1) is 0 Å². The van der Waals surface area contributed by atoms with Crippen LogP contribution < -0.4 is 5.32 Å². The Kier molecular flexibility index (Phi) is 5.45. The molecule has 0 radical (unpaired) electrons. The molecule has 0 saturated carbocycles. The van der Waals surface area contributed by atoms with Gasteiger partial charge in [0.1, 0.15) is 0 Å². The fraction of sp³-hybridized carbons (Fsp3) is 1.00. The highest BCUT2D eigenvalue weighted by Gasteiger charge is 2.18. The lowest BCUT2D eigenvalue weighted by Gasteiger charge is -2.28. The molecule has 3 heteroatoms. The Bertz CT molecular complexity index is 143. The van der Waals surface area contributed by atoms with Crippen LogP contribution >= 0.6 is 0 Å². The third kappa shape index (κ3) is 3.95. The molecule has 0 spiro atoms. The van der Waals surface area contributed by atoms with Gasteiger partial charge in [-0.25, -0.2) is 0 Å². The number of hydrogen-bond acceptors (Lipinski definition) is 3. The predicted molar refractivity (Wildman–Crippen MR) is 61.7 cm³/mol. The average Bonchev–Trinajstić information content (AvgIpc) is 2.67. The molecule has 3 nitrogen and oxygen atoms in total. The van der Waals surface area contributed by atoms with Crippen molar-refractivity contribution in [1.82, 2.24) is 15.1 Å². The van der Waals surface area contributed by atoms with Crippen LogP contribution in [0, 0.1) is 0 Å². The Labute approximate surface area is 88.5 Å². The van der Waals surface area contributed by atoms with Crippen molar-refractivity contribution in [1.29, 1.82) is 0 Å². The molecule has 0 aromatic carbocycles. The normalized spacial score (nSPS) is 20.6. The first kappa shape index (κ1) is 12.0. The summed E-state index contributed by atoms with van der Waals surface area (Å²) in [7, 11) is 4.22. The van der Waals surface area contributed by atoms with Crippen LogP contribution in [-0.4, -0.2) is 62.7 Å². The molecule has 0 amide bonds. The minimum Gasteiger partial charge on any atom is -0.318 e. The Morgan fingerprint density at radius 1 is 1.36 bits per heavy atom. The second kappa shape index (κ2) is 6.38. The second-order valence-corrected chi connectivity index (χ2v) is 4.46. The number of likely N-dealkylation sites (N-methyl/N-ethyl adjacent to an activating group) is 2. The fourth-order valence-corrected chi connectivity index (χ4v) is 2.14. The quantitative estimate of drug-likeness (QED) is 0.676. The van der Waals surface area contributed by atoms with Crippen molar-refractivity contribution in [2.24, 2.45) is 0 Å². The van der Waals surface area contributed by atoms with Gasteiger partial charge in [-0.15, -0.1) is 0 Å². The van der Waals surface area contributed by atoms with Crippen molar-refractivity contribution < 1.29 is 0 Å². The molecule has 0 bridgehead atoms. The van der Waals surface area contributed by atoms with Gasteiger partial charge >= 0.3 is 0 Å². The zero-order chi connectivity index (χ0) is 10.4. The van der Waals surface area contributed by atoms with Crippen LogP contribution in [0.4, 0.5) is 0 Å². The maximum absolute atomic E-state index is 3.19. The Balaban J connectivity index is 2.14. The van der Waals surface area contributed by atoms with E-state index in [1.165, 1.54) is 32.5 Å². The summed E-state index contributed by atoms with van der Waals surface area (Å²) in [5.74, 6) is 0. The summed E-state index contributed by atoms with van der Waals surface area (Å²) < 4.78 is 0. The van der Waals surface area contributed by atoms with E-state index in [9.17, 15) is 0 Å². The van der Waals surface area contributed by atoms with E-state index in [1.807, 2.05) is 7.05 Å². The number of nitrogens with one attached hydrogen (secondary N) is 1. The molecule has 1 saturated heterocycles. The van der Waals surface area contributed by atoms with Crippen LogP contribution in [0.1, 0.15) is 19.8 Å². The smallest absolute Gasteiger partial charge is 0.0194 e. The maximum Gasteiger partial charge on any atom is 0.0194 e. The van der Waals surface area contributed by atoms with Gasteiger partial charge in [-0.2, -0.15) is 0 Å². The van der Waals surface area contributed by atoms with Crippen LogP contribution in [0.3, 0.4) is 0 Å². The van der Waals surface area contributed by atoms with Crippen molar-refractivity contribution in [3.8, 4) is 0 Å². The van der Waals surface area contributed by atoms with Gasteiger partial charge in [-0.05, 0) is 47.0 Å². The fourth-order valence-electron chi connectivity index (χ4n) is 2.14. The molecule has 1 aliphatic rings. The topological polar surface area (TPSA) is 18.5 Å². The third-order valence-electron chi connectivity index (χ3n) is 3.08. The molecule has 1 atom stereocenters. The van der Waals surface area contributed by atoms with Gasteiger partial charge in [0.2, 0.25) is 0 Å². The second-order valence-electron chi connectivity index (χ2n) is 4.46. The van der Waals surface area contributed by atoms with E-state index in [1.54, 1.807) is 0 Å². The molecule has 1 unspecified atom stereocenters. The van der Waals surface area contributed by atoms with Gasteiger partial charge in [-0.3, -0.25) is 4.90 Å². The summed E-state index contributed by atoms with van der Waals surface area (Å²) in [4.78, 5) is 5.02. The molecule has 14 heavy (non-hydrogen) atoms. The number of nitrogens with zero attached hydrogens (tertiary/aromatic N) is 2. The summed E-state index contributed by atoms with van der Waals surface area (Å²) in [5.41, 5.74) is 0. The van der Waals surface area contributed by atoms with Crippen molar-refractivity contribution >= 4 is 0 Å². The molecule has 84 valence electrons. The summed E-state index contributed by atoms with van der Waals surface area (Å²) in [6.07, 6.45) is 2.79. The summed E-state index contributed by atoms with van der Waals surface area (Å²) in [6.45, 7) is 8.39. The van der Waals surface area contributed by atoms with Crippen LogP contribution in [0.15, 0.2) is 0 Å². The largest absolute Gasteiger partial charge is 0.318 e.